The smallest absolute Gasteiger partial charge is 0.255 e. The zero-order valence-corrected chi connectivity index (χ0v) is 14.5. The number of carbonyl (C=O) groups excluding carboxylic acids is 1. The molecule has 3 nitrogen and oxygen atoms in total. The van der Waals surface area contributed by atoms with Gasteiger partial charge >= 0.3 is 0 Å². The molecule has 0 spiro atoms. The molecule has 0 bridgehead atoms. The topological polar surface area (TPSA) is 42.0 Å². The molecule has 6 heteroatoms. The number of benzene rings is 2. The quantitative estimate of drug-likeness (QED) is 0.651. The molecule has 0 saturated carbocycles. The van der Waals surface area contributed by atoms with Crippen molar-refractivity contribution in [2.45, 2.75) is 6.92 Å². The zero-order chi connectivity index (χ0) is 16.4. The Hall–Kier alpha value is -1.88. The fourth-order valence-corrected chi connectivity index (χ4v) is 3.05. The van der Waals surface area contributed by atoms with Crippen LogP contribution in [-0.2, 0) is 0 Å². The van der Waals surface area contributed by atoms with E-state index in [2.05, 4.69) is 10.3 Å². The molecule has 1 N–H and O–H groups in total. The average Bonchev–Trinajstić information content (AvgIpc) is 2.97. The summed E-state index contributed by atoms with van der Waals surface area (Å²) in [5, 5.41) is 6.62. The number of amides is 1. The molecule has 0 aliphatic carbocycles. The third-order valence-electron chi connectivity index (χ3n) is 3.25. The number of anilines is 1. The molecular weight excluding hydrogens is 351 g/mol. The van der Waals surface area contributed by atoms with Crippen LogP contribution in [-0.4, -0.2) is 10.9 Å². The number of carbonyl (C=O) groups is 1. The standard InChI is InChI=1S/C17H12Cl2N2OS/c1-10-20-16(9-23-10)12-4-2-3-5-15(12)21-17(22)11-6-7-13(18)14(19)8-11/h2-9H,1H3,(H,21,22). The van der Waals surface area contributed by atoms with Crippen molar-refractivity contribution in [1.82, 2.24) is 4.98 Å². The van der Waals surface area contributed by atoms with E-state index in [1.165, 1.54) is 0 Å². The van der Waals surface area contributed by atoms with Gasteiger partial charge in [-0.3, -0.25) is 4.79 Å². The van der Waals surface area contributed by atoms with Crippen LogP contribution in [0.15, 0.2) is 47.8 Å². The maximum atomic E-state index is 12.4. The van der Waals surface area contributed by atoms with Gasteiger partial charge in [0.2, 0.25) is 0 Å². The Balaban J connectivity index is 1.91. The van der Waals surface area contributed by atoms with Crippen LogP contribution in [0.2, 0.25) is 10.0 Å². The number of hydrogen-bond acceptors (Lipinski definition) is 3. The molecule has 1 amide bonds. The third-order valence-corrected chi connectivity index (χ3v) is 4.76. The summed E-state index contributed by atoms with van der Waals surface area (Å²) in [4.78, 5) is 16.9. The van der Waals surface area contributed by atoms with E-state index in [0.717, 1.165) is 16.3 Å². The van der Waals surface area contributed by atoms with Crippen molar-refractivity contribution >= 4 is 46.1 Å². The largest absolute Gasteiger partial charge is 0.321 e. The number of hydrogen-bond donors (Lipinski definition) is 1. The van der Waals surface area contributed by atoms with Crippen molar-refractivity contribution in [3.8, 4) is 11.3 Å². The molecule has 1 heterocycles. The number of thiazole rings is 1. The molecule has 0 aliphatic rings. The van der Waals surface area contributed by atoms with Gasteiger partial charge in [0.25, 0.3) is 5.91 Å². The van der Waals surface area contributed by atoms with E-state index < -0.39 is 0 Å². The first-order chi connectivity index (χ1) is 11.0. The predicted octanol–water partition coefficient (Wildman–Crippen LogP) is 5.68. The van der Waals surface area contributed by atoms with E-state index in [9.17, 15) is 4.79 Å². The van der Waals surface area contributed by atoms with E-state index in [-0.39, 0.29) is 5.91 Å². The Morgan fingerprint density at radius 3 is 2.61 bits per heavy atom. The number of nitrogens with zero attached hydrogens (tertiary/aromatic N) is 1. The molecule has 23 heavy (non-hydrogen) atoms. The van der Waals surface area contributed by atoms with E-state index in [4.69, 9.17) is 23.2 Å². The Morgan fingerprint density at radius 1 is 1.13 bits per heavy atom. The summed E-state index contributed by atoms with van der Waals surface area (Å²) < 4.78 is 0. The van der Waals surface area contributed by atoms with Gasteiger partial charge in [0.05, 0.1) is 26.4 Å². The lowest BCUT2D eigenvalue weighted by molar-refractivity contribution is 0.102. The molecule has 0 aliphatic heterocycles. The molecule has 0 radical (unpaired) electrons. The Kier molecular flexibility index (Phi) is 4.66. The van der Waals surface area contributed by atoms with Gasteiger partial charge in [0.15, 0.2) is 0 Å². The van der Waals surface area contributed by atoms with Gasteiger partial charge in [-0.25, -0.2) is 4.98 Å². The molecule has 116 valence electrons. The minimum Gasteiger partial charge on any atom is -0.321 e. The summed E-state index contributed by atoms with van der Waals surface area (Å²) in [7, 11) is 0. The number of nitrogens with one attached hydrogen (secondary N) is 1. The van der Waals surface area contributed by atoms with Crippen LogP contribution in [0.4, 0.5) is 5.69 Å². The van der Waals surface area contributed by atoms with E-state index in [1.807, 2.05) is 36.6 Å². The monoisotopic (exact) mass is 362 g/mol. The van der Waals surface area contributed by atoms with Crippen molar-refractivity contribution in [2.75, 3.05) is 5.32 Å². The normalized spacial score (nSPS) is 10.6. The van der Waals surface area contributed by atoms with Gasteiger partial charge in [-0.1, -0.05) is 41.4 Å². The lowest BCUT2D eigenvalue weighted by Gasteiger charge is -2.10. The summed E-state index contributed by atoms with van der Waals surface area (Å²) in [6.07, 6.45) is 0. The molecule has 0 saturated heterocycles. The predicted molar refractivity (Wildman–Crippen MR) is 96.7 cm³/mol. The van der Waals surface area contributed by atoms with Crippen molar-refractivity contribution in [3.63, 3.8) is 0 Å². The average molecular weight is 363 g/mol. The van der Waals surface area contributed by atoms with Crippen molar-refractivity contribution < 1.29 is 4.79 Å². The molecule has 0 unspecified atom stereocenters. The van der Waals surface area contributed by atoms with Crippen LogP contribution in [0.25, 0.3) is 11.3 Å². The number of rotatable bonds is 3. The van der Waals surface area contributed by atoms with Crippen molar-refractivity contribution in [2.24, 2.45) is 0 Å². The van der Waals surface area contributed by atoms with Crippen LogP contribution in [0, 0.1) is 6.92 Å². The molecule has 2 aromatic carbocycles. The number of aryl methyl sites for hydroxylation is 1. The summed E-state index contributed by atoms with van der Waals surface area (Å²) >= 11 is 13.4. The molecule has 3 rings (SSSR count). The number of aromatic nitrogens is 1. The highest BCUT2D eigenvalue weighted by Crippen LogP contribution is 2.29. The number of halogens is 2. The highest BCUT2D eigenvalue weighted by atomic mass is 35.5. The molecule has 0 atom stereocenters. The van der Waals surface area contributed by atoms with Crippen LogP contribution in [0.5, 0.6) is 0 Å². The summed E-state index contributed by atoms with van der Waals surface area (Å²) in [6.45, 7) is 1.95. The zero-order valence-electron chi connectivity index (χ0n) is 12.1. The van der Waals surface area contributed by atoms with Crippen molar-refractivity contribution in [3.05, 3.63) is 68.5 Å². The third kappa shape index (κ3) is 3.55. The SMILES string of the molecule is Cc1nc(-c2ccccc2NC(=O)c2ccc(Cl)c(Cl)c2)cs1. The van der Waals surface area contributed by atoms with E-state index in [0.29, 0.717) is 21.3 Å². The fraction of sp³-hybridized carbons (Fsp3) is 0.0588. The summed E-state index contributed by atoms with van der Waals surface area (Å²) in [6, 6.07) is 12.4. The van der Waals surface area contributed by atoms with Gasteiger partial charge in [-0.05, 0) is 31.2 Å². The van der Waals surface area contributed by atoms with Crippen LogP contribution >= 0.6 is 34.5 Å². The first-order valence-corrected chi connectivity index (χ1v) is 8.46. The van der Waals surface area contributed by atoms with Gasteiger partial charge in [0.1, 0.15) is 0 Å². The van der Waals surface area contributed by atoms with Gasteiger partial charge < -0.3 is 5.32 Å². The van der Waals surface area contributed by atoms with Crippen LogP contribution in [0.3, 0.4) is 0 Å². The maximum absolute atomic E-state index is 12.4. The first kappa shape index (κ1) is 16.0. The van der Waals surface area contributed by atoms with E-state index in [1.54, 1.807) is 29.5 Å². The lowest BCUT2D eigenvalue weighted by Crippen LogP contribution is -2.12. The second-order valence-electron chi connectivity index (χ2n) is 4.88. The summed E-state index contributed by atoms with van der Waals surface area (Å²) in [5.41, 5.74) is 2.88. The molecule has 3 aromatic rings. The molecule has 0 fully saturated rings. The van der Waals surface area contributed by atoms with Gasteiger partial charge in [-0.15, -0.1) is 11.3 Å². The first-order valence-electron chi connectivity index (χ1n) is 6.82. The lowest BCUT2D eigenvalue weighted by atomic mass is 10.1. The van der Waals surface area contributed by atoms with Crippen molar-refractivity contribution in [1.29, 1.82) is 0 Å². The summed E-state index contributed by atoms with van der Waals surface area (Å²) in [5.74, 6) is -0.247. The highest BCUT2D eigenvalue weighted by molar-refractivity contribution is 7.09. The minimum atomic E-state index is -0.247. The van der Waals surface area contributed by atoms with Crippen LogP contribution < -0.4 is 5.32 Å². The molecular formula is C17H12Cl2N2OS. The van der Waals surface area contributed by atoms with Gasteiger partial charge in [0, 0.05) is 16.5 Å². The Labute approximate surface area is 147 Å². The second kappa shape index (κ2) is 6.71. The molecule has 1 aromatic heterocycles. The second-order valence-corrected chi connectivity index (χ2v) is 6.76. The Morgan fingerprint density at radius 2 is 1.91 bits per heavy atom. The Bertz CT molecular complexity index is 877. The maximum Gasteiger partial charge on any atom is 0.255 e. The fourth-order valence-electron chi connectivity index (χ4n) is 2.13. The van der Waals surface area contributed by atoms with Gasteiger partial charge in [-0.2, -0.15) is 0 Å². The minimum absolute atomic E-state index is 0.247. The highest BCUT2D eigenvalue weighted by Gasteiger charge is 2.13. The van der Waals surface area contributed by atoms with E-state index >= 15 is 0 Å². The van der Waals surface area contributed by atoms with Crippen LogP contribution in [0.1, 0.15) is 15.4 Å². The number of para-hydroxylation sites is 1.